The normalized spacial score (nSPS) is 11.1. The van der Waals surface area contributed by atoms with Crippen LogP contribution in [-0.4, -0.2) is 38.1 Å². The third kappa shape index (κ3) is 3.67. The zero-order valence-electron chi connectivity index (χ0n) is 14.8. The molecule has 2 aromatic carbocycles. The zero-order chi connectivity index (χ0) is 19.5. The predicted octanol–water partition coefficient (Wildman–Crippen LogP) is 3.58. The van der Waals surface area contributed by atoms with Gasteiger partial charge in [0.25, 0.3) is 0 Å². The predicted molar refractivity (Wildman–Crippen MR) is 106 cm³/mol. The van der Waals surface area contributed by atoms with Gasteiger partial charge in [0, 0.05) is 18.1 Å². The summed E-state index contributed by atoms with van der Waals surface area (Å²) in [5, 5.41) is 22.9. The molecule has 0 fully saturated rings. The van der Waals surface area contributed by atoms with Gasteiger partial charge in [-0.1, -0.05) is 35.9 Å². The summed E-state index contributed by atoms with van der Waals surface area (Å²) in [6, 6.07) is 17.4. The van der Waals surface area contributed by atoms with Crippen molar-refractivity contribution in [2.75, 3.05) is 18.1 Å². The lowest BCUT2D eigenvalue weighted by molar-refractivity contribution is 0.301. The van der Waals surface area contributed by atoms with E-state index in [1.165, 1.54) is 10.6 Å². The molecule has 2 aromatic heterocycles. The van der Waals surface area contributed by atoms with Crippen molar-refractivity contribution < 1.29 is 9.50 Å². The van der Waals surface area contributed by atoms with Crippen LogP contribution in [0.5, 0.6) is 0 Å². The molecule has 142 valence electrons. The first-order valence-electron chi connectivity index (χ1n) is 8.73. The topological polar surface area (TPSA) is 66.5 Å². The third-order valence-corrected chi connectivity index (χ3v) is 4.55. The SMILES string of the molecule is OCCN(Cc1cccc(Cl)c1)c1ccc2nnc(-c3ccccc3F)n2n1. The number of hydrogen-bond acceptors (Lipinski definition) is 5. The van der Waals surface area contributed by atoms with Gasteiger partial charge in [0.05, 0.1) is 12.2 Å². The van der Waals surface area contributed by atoms with E-state index in [9.17, 15) is 9.50 Å². The summed E-state index contributed by atoms with van der Waals surface area (Å²) >= 11 is 6.08. The number of halogens is 2. The molecule has 0 spiro atoms. The maximum Gasteiger partial charge on any atom is 0.188 e. The molecular formula is C20H17ClFN5O. The summed E-state index contributed by atoms with van der Waals surface area (Å²) < 4.78 is 15.7. The first-order chi connectivity index (χ1) is 13.7. The van der Waals surface area contributed by atoms with Gasteiger partial charge in [0.2, 0.25) is 0 Å². The fraction of sp³-hybridized carbons (Fsp3) is 0.150. The second kappa shape index (κ2) is 7.92. The average Bonchev–Trinajstić information content (AvgIpc) is 3.11. The van der Waals surface area contributed by atoms with Crippen molar-refractivity contribution >= 4 is 23.1 Å². The van der Waals surface area contributed by atoms with E-state index in [4.69, 9.17) is 11.6 Å². The van der Waals surface area contributed by atoms with Crippen molar-refractivity contribution in [3.8, 4) is 11.4 Å². The van der Waals surface area contributed by atoms with E-state index in [-0.39, 0.29) is 6.61 Å². The van der Waals surface area contributed by atoms with E-state index in [0.29, 0.717) is 41.0 Å². The molecule has 0 radical (unpaired) electrons. The average molecular weight is 398 g/mol. The maximum absolute atomic E-state index is 14.2. The second-order valence-electron chi connectivity index (χ2n) is 6.24. The van der Waals surface area contributed by atoms with Crippen LogP contribution in [0.15, 0.2) is 60.7 Å². The van der Waals surface area contributed by atoms with E-state index >= 15 is 0 Å². The molecule has 2 heterocycles. The molecule has 1 N–H and O–H groups in total. The Hall–Kier alpha value is -3.03. The van der Waals surface area contributed by atoms with Gasteiger partial charge in [-0.25, -0.2) is 4.39 Å². The second-order valence-corrected chi connectivity index (χ2v) is 6.68. The smallest absolute Gasteiger partial charge is 0.188 e. The molecule has 0 saturated carbocycles. The van der Waals surface area contributed by atoms with Crippen LogP contribution in [0, 0.1) is 5.82 Å². The summed E-state index contributed by atoms with van der Waals surface area (Å²) in [4.78, 5) is 1.91. The van der Waals surface area contributed by atoms with Crippen LogP contribution < -0.4 is 4.90 Å². The lowest BCUT2D eigenvalue weighted by Gasteiger charge is -2.23. The Bertz CT molecular complexity index is 1120. The molecule has 0 amide bonds. The summed E-state index contributed by atoms with van der Waals surface area (Å²) in [5.41, 5.74) is 1.82. The first-order valence-corrected chi connectivity index (χ1v) is 9.11. The Kier molecular flexibility index (Phi) is 5.18. The van der Waals surface area contributed by atoms with E-state index in [1.54, 1.807) is 30.3 Å². The fourth-order valence-electron chi connectivity index (χ4n) is 3.01. The molecule has 0 saturated heterocycles. The lowest BCUT2D eigenvalue weighted by atomic mass is 10.2. The highest BCUT2D eigenvalue weighted by atomic mass is 35.5. The standard InChI is InChI=1S/C20H17ClFN5O/c21-15-5-3-4-14(12-15)13-26(10-11-28)19-9-8-18-23-24-20(27(18)25-19)16-6-1-2-7-17(16)22/h1-9,12,28H,10-11,13H2. The molecule has 28 heavy (non-hydrogen) atoms. The monoisotopic (exact) mass is 397 g/mol. The summed E-state index contributed by atoms with van der Waals surface area (Å²) in [6.45, 7) is 0.849. The molecule has 0 atom stereocenters. The zero-order valence-corrected chi connectivity index (χ0v) is 15.6. The van der Waals surface area contributed by atoms with E-state index < -0.39 is 5.82 Å². The highest BCUT2D eigenvalue weighted by Crippen LogP contribution is 2.23. The van der Waals surface area contributed by atoms with E-state index in [1.807, 2.05) is 29.2 Å². The first kappa shape index (κ1) is 18.3. The van der Waals surface area contributed by atoms with Crippen molar-refractivity contribution in [1.82, 2.24) is 19.8 Å². The fourth-order valence-corrected chi connectivity index (χ4v) is 3.22. The number of nitrogens with zero attached hydrogens (tertiary/aromatic N) is 5. The van der Waals surface area contributed by atoms with Crippen molar-refractivity contribution in [3.63, 3.8) is 0 Å². The maximum atomic E-state index is 14.2. The molecule has 8 heteroatoms. The molecule has 0 aliphatic rings. The van der Waals surface area contributed by atoms with E-state index in [2.05, 4.69) is 15.3 Å². The van der Waals surface area contributed by atoms with Gasteiger partial charge < -0.3 is 10.0 Å². The third-order valence-electron chi connectivity index (χ3n) is 4.32. The largest absolute Gasteiger partial charge is 0.395 e. The minimum atomic E-state index is -0.393. The van der Waals surface area contributed by atoms with Gasteiger partial charge >= 0.3 is 0 Å². The number of rotatable bonds is 6. The molecule has 4 aromatic rings. The van der Waals surface area contributed by atoms with Gasteiger partial charge in [0.1, 0.15) is 11.6 Å². The number of aliphatic hydroxyl groups is 1. The van der Waals surface area contributed by atoms with Crippen molar-refractivity contribution in [2.45, 2.75) is 6.54 Å². The molecule has 0 bridgehead atoms. The van der Waals surface area contributed by atoms with Crippen LogP contribution in [-0.2, 0) is 6.54 Å². The van der Waals surface area contributed by atoms with Crippen molar-refractivity contribution in [3.05, 3.63) is 77.1 Å². The minimum Gasteiger partial charge on any atom is -0.395 e. The number of benzene rings is 2. The number of fused-ring (bicyclic) bond motifs is 1. The molecule has 6 nitrogen and oxygen atoms in total. The summed E-state index contributed by atoms with van der Waals surface area (Å²) in [5.74, 6) is 0.538. The van der Waals surface area contributed by atoms with Crippen molar-refractivity contribution in [1.29, 1.82) is 0 Å². The Morgan fingerprint density at radius 1 is 1.04 bits per heavy atom. The number of anilines is 1. The molecule has 4 rings (SSSR count). The Balaban J connectivity index is 1.74. The van der Waals surface area contributed by atoms with Crippen LogP contribution in [0.4, 0.5) is 10.2 Å². The van der Waals surface area contributed by atoms with Crippen LogP contribution in [0.3, 0.4) is 0 Å². The highest BCUT2D eigenvalue weighted by molar-refractivity contribution is 6.30. The van der Waals surface area contributed by atoms with Crippen LogP contribution in [0.1, 0.15) is 5.56 Å². The van der Waals surface area contributed by atoms with Gasteiger partial charge in [-0.15, -0.1) is 15.3 Å². The number of aromatic nitrogens is 4. The van der Waals surface area contributed by atoms with Gasteiger partial charge in [0.15, 0.2) is 11.5 Å². The Morgan fingerprint density at radius 3 is 2.68 bits per heavy atom. The molecule has 0 aliphatic heterocycles. The number of aliphatic hydroxyl groups excluding tert-OH is 1. The van der Waals surface area contributed by atoms with Gasteiger partial charge in [-0.2, -0.15) is 4.52 Å². The lowest BCUT2D eigenvalue weighted by Crippen LogP contribution is -2.27. The summed E-state index contributed by atoms with van der Waals surface area (Å²) in [6.07, 6.45) is 0. The number of hydrogen-bond donors (Lipinski definition) is 1. The van der Waals surface area contributed by atoms with Crippen LogP contribution in [0.2, 0.25) is 5.02 Å². The molecule has 0 aliphatic carbocycles. The quantitative estimate of drug-likeness (QED) is 0.538. The van der Waals surface area contributed by atoms with Crippen molar-refractivity contribution in [2.24, 2.45) is 0 Å². The van der Waals surface area contributed by atoms with Gasteiger partial charge in [-0.3, -0.25) is 0 Å². The highest BCUT2D eigenvalue weighted by Gasteiger charge is 2.16. The van der Waals surface area contributed by atoms with E-state index in [0.717, 1.165) is 5.56 Å². The Morgan fingerprint density at radius 2 is 1.89 bits per heavy atom. The van der Waals surface area contributed by atoms with Crippen LogP contribution in [0.25, 0.3) is 17.0 Å². The molecule has 0 unspecified atom stereocenters. The van der Waals surface area contributed by atoms with Gasteiger partial charge in [-0.05, 0) is 42.0 Å². The Labute approximate surface area is 165 Å². The minimum absolute atomic E-state index is 0.0391. The summed E-state index contributed by atoms with van der Waals surface area (Å²) in [7, 11) is 0. The molecular weight excluding hydrogens is 381 g/mol. The van der Waals surface area contributed by atoms with Crippen LogP contribution >= 0.6 is 11.6 Å².